The second kappa shape index (κ2) is 6.41. The maximum absolute atomic E-state index is 12.6. The molecule has 0 spiro atoms. The number of nitrogens with zero attached hydrogens (tertiary/aromatic N) is 1. The molecule has 6 heteroatoms. The zero-order valence-corrected chi connectivity index (χ0v) is 14.3. The van der Waals surface area contributed by atoms with Crippen LogP contribution in [0.25, 0.3) is 11.0 Å². The molecular formula is C19H16N2O3S. The Morgan fingerprint density at radius 2 is 2.08 bits per heavy atom. The van der Waals surface area contributed by atoms with Gasteiger partial charge in [0.25, 0.3) is 5.91 Å². The van der Waals surface area contributed by atoms with E-state index in [0.29, 0.717) is 26.8 Å². The summed E-state index contributed by atoms with van der Waals surface area (Å²) in [6, 6.07) is 10.9. The van der Waals surface area contributed by atoms with E-state index in [0.717, 1.165) is 25.7 Å². The predicted octanol–water partition coefficient (Wildman–Crippen LogP) is 3.56. The summed E-state index contributed by atoms with van der Waals surface area (Å²) < 4.78 is 5.22. The van der Waals surface area contributed by atoms with Crippen molar-refractivity contribution in [2.75, 3.05) is 0 Å². The number of hydrogen-bond donors (Lipinski definition) is 1. The topological polar surface area (TPSA) is 83.1 Å². The quantitative estimate of drug-likeness (QED) is 0.836. The van der Waals surface area contributed by atoms with E-state index in [-0.39, 0.29) is 11.5 Å². The third-order valence-corrected chi connectivity index (χ3v) is 6.25. The molecule has 25 heavy (non-hydrogen) atoms. The summed E-state index contributed by atoms with van der Waals surface area (Å²) in [5, 5.41) is 13.9. The van der Waals surface area contributed by atoms with Crippen molar-refractivity contribution in [1.82, 2.24) is 5.32 Å². The summed E-state index contributed by atoms with van der Waals surface area (Å²) >= 11 is 1.55. The molecule has 2 atom stereocenters. The van der Waals surface area contributed by atoms with Gasteiger partial charge in [-0.25, -0.2) is 4.79 Å². The molecule has 1 fully saturated rings. The maximum atomic E-state index is 12.6. The number of benzene rings is 1. The second-order valence-corrected chi connectivity index (χ2v) is 7.59. The van der Waals surface area contributed by atoms with E-state index in [2.05, 4.69) is 11.4 Å². The van der Waals surface area contributed by atoms with Gasteiger partial charge in [0.05, 0.1) is 16.7 Å². The van der Waals surface area contributed by atoms with Gasteiger partial charge in [-0.15, -0.1) is 11.8 Å². The molecule has 2 aliphatic rings. The molecule has 0 radical (unpaired) electrons. The molecule has 0 saturated heterocycles. The number of nitrogens with one attached hydrogen (secondary N) is 1. The van der Waals surface area contributed by atoms with Crippen LogP contribution in [0.15, 0.2) is 50.1 Å². The number of amides is 1. The van der Waals surface area contributed by atoms with E-state index in [4.69, 9.17) is 4.42 Å². The largest absolute Gasteiger partial charge is 0.422 e. The average molecular weight is 352 g/mol. The Morgan fingerprint density at radius 1 is 1.28 bits per heavy atom. The Kier molecular flexibility index (Phi) is 4.10. The van der Waals surface area contributed by atoms with Crippen molar-refractivity contribution >= 4 is 28.6 Å². The Bertz CT molecular complexity index is 986. The molecule has 2 aromatic rings. The van der Waals surface area contributed by atoms with Gasteiger partial charge in [0, 0.05) is 16.6 Å². The zero-order valence-electron chi connectivity index (χ0n) is 13.5. The third kappa shape index (κ3) is 2.85. The third-order valence-electron chi connectivity index (χ3n) is 4.82. The van der Waals surface area contributed by atoms with Crippen LogP contribution in [0.4, 0.5) is 0 Å². The number of carbonyl (C=O) groups excluding carboxylic acids is 1. The summed E-state index contributed by atoms with van der Waals surface area (Å²) in [6.45, 7) is 0. The first kappa shape index (κ1) is 16.0. The van der Waals surface area contributed by atoms with Crippen LogP contribution in [0.5, 0.6) is 0 Å². The van der Waals surface area contributed by atoms with Crippen LogP contribution in [-0.4, -0.2) is 11.2 Å². The molecule has 5 nitrogen and oxygen atoms in total. The van der Waals surface area contributed by atoms with Crippen molar-refractivity contribution in [3.05, 3.63) is 56.9 Å². The lowest BCUT2D eigenvalue weighted by Crippen LogP contribution is -2.27. The molecule has 2 heterocycles. The van der Waals surface area contributed by atoms with E-state index in [1.165, 1.54) is 6.07 Å². The minimum atomic E-state index is -0.671. The molecule has 1 saturated carbocycles. The normalized spacial score (nSPS) is 22.5. The molecule has 0 bridgehead atoms. The van der Waals surface area contributed by atoms with Crippen LogP contribution in [0, 0.1) is 17.2 Å². The van der Waals surface area contributed by atoms with E-state index >= 15 is 0 Å². The first-order valence-electron chi connectivity index (χ1n) is 8.32. The standard InChI is InChI=1S/C19H16N2O3S/c20-10-14-12-6-2-4-8-16(12)25-18(14)21-17(22)13-9-11-5-1-3-7-15(11)24-19(13)23/h1,3,5,7,9,12,16H,2,4,6,8H2,(H,21,22)/t12-,16+/m1/s1. The van der Waals surface area contributed by atoms with Gasteiger partial charge in [0.2, 0.25) is 0 Å². The van der Waals surface area contributed by atoms with Gasteiger partial charge >= 0.3 is 5.63 Å². The van der Waals surface area contributed by atoms with E-state index in [1.807, 2.05) is 6.07 Å². The first-order chi connectivity index (χ1) is 12.2. The van der Waals surface area contributed by atoms with Crippen LogP contribution in [0.3, 0.4) is 0 Å². The Labute approximate surface area is 148 Å². The summed E-state index contributed by atoms with van der Waals surface area (Å²) in [5.74, 6) is -0.305. The zero-order chi connectivity index (χ0) is 17.4. The maximum Gasteiger partial charge on any atom is 0.349 e. The molecule has 126 valence electrons. The summed E-state index contributed by atoms with van der Waals surface area (Å²) in [7, 11) is 0. The Balaban J connectivity index is 1.65. The van der Waals surface area contributed by atoms with Crippen LogP contribution < -0.4 is 10.9 Å². The van der Waals surface area contributed by atoms with Gasteiger partial charge in [0.15, 0.2) is 0 Å². The smallest absolute Gasteiger partial charge is 0.349 e. The SMILES string of the molecule is N#CC1=C(NC(=O)c2cc3ccccc3oc2=O)S[C@H]2CCCC[C@H]12. The highest BCUT2D eigenvalue weighted by Crippen LogP contribution is 2.47. The fraction of sp³-hybridized carbons (Fsp3) is 0.316. The molecular weight excluding hydrogens is 336 g/mol. The highest BCUT2D eigenvalue weighted by atomic mass is 32.2. The Morgan fingerprint density at radius 3 is 2.92 bits per heavy atom. The van der Waals surface area contributed by atoms with Crippen molar-refractivity contribution in [3.63, 3.8) is 0 Å². The fourth-order valence-corrected chi connectivity index (χ4v) is 5.07. The van der Waals surface area contributed by atoms with Gasteiger partial charge in [-0.3, -0.25) is 4.79 Å². The second-order valence-electron chi connectivity index (χ2n) is 6.34. The van der Waals surface area contributed by atoms with Crippen LogP contribution in [0.1, 0.15) is 36.0 Å². The summed E-state index contributed by atoms with van der Waals surface area (Å²) in [6.07, 6.45) is 4.31. The van der Waals surface area contributed by atoms with E-state index in [9.17, 15) is 14.9 Å². The minimum Gasteiger partial charge on any atom is -0.422 e. The van der Waals surface area contributed by atoms with Crippen LogP contribution in [0.2, 0.25) is 0 Å². The van der Waals surface area contributed by atoms with Gasteiger partial charge in [-0.2, -0.15) is 5.26 Å². The van der Waals surface area contributed by atoms with Crippen LogP contribution >= 0.6 is 11.8 Å². The molecule has 1 N–H and O–H groups in total. The molecule has 1 aromatic carbocycles. The number of carbonyl (C=O) groups is 1. The lowest BCUT2D eigenvalue weighted by molar-refractivity contribution is 0.0965. The highest BCUT2D eigenvalue weighted by Gasteiger charge is 2.38. The monoisotopic (exact) mass is 352 g/mol. The Hall–Kier alpha value is -2.52. The van der Waals surface area contributed by atoms with Crippen molar-refractivity contribution < 1.29 is 9.21 Å². The molecule has 0 unspecified atom stereocenters. The number of para-hydroxylation sites is 1. The number of rotatable bonds is 2. The van der Waals surface area contributed by atoms with Gasteiger partial charge in [-0.1, -0.05) is 31.0 Å². The molecule has 1 aliphatic heterocycles. The number of thioether (sulfide) groups is 1. The summed E-state index contributed by atoms with van der Waals surface area (Å²) in [5.41, 5.74) is 0.380. The number of allylic oxidation sites excluding steroid dienone is 1. The molecule has 4 rings (SSSR count). The molecule has 1 aromatic heterocycles. The van der Waals surface area contributed by atoms with Crippen molar-refractivity contribution in [2.24, 2.45) is 5.92 Å². The lowest BCUT2D eigenvalue weighted by atomic mass is 9.84. The van der Waals surface area contributed by atoms with Gasteiger partial charge in [-0.05, 0) is 25.0 Å². The number of hydrogen-bond acceptors (Lipinski definition) is 5. The lowest BCUT2D eigenvalue weighted by Gasteiger charge is -2.24. The summed E-state index contributed by atoms with van der Waals surface area (Å²) in [4.78, 5) is 24.7. The van der Waals surface area contributed by atoms with Crippen molar-refractivity contribution in [3.8, 4) is 6.07 Å². The number of fused-ring (bicyclic) bond motifs is 2. The van der Waals surface area contributed by atoms with E-state index < -0.39 is 11.5 Å². The van der Waals surface area contributed by atoms with Gasteiger partial charge in [0.1, 0.15) is 11.1 Å². The minimum absolute atomic E-state index is 0.0426. The number of nitriles is 1. The van der Waals surface area contributed by atoms with Crippen molar-refractivity contribution in [2.45, 2.75) is 30.9 Å². The van der Waals surface area contributed by atoms with Crippen LogP contribution in [-0.2, 0) is 0 Å². The fourth-order valence-electron chi connectivity index (χ4n) is 3.57. The molecule has 1 amide bonds. The highest BCUT2D eigenvalue weighted by molar-refractivity contribution is 8.04. The molecule has 1 aliphatic carbocycles. The van der Waals surface area contributed by atoms with Crippen molar-refractivity contribution in [1.29, 1.82) is 5.26 Å². The first-order valence-corrected chi connectivity index (χ1v) is 9.20. The average Bonchev–Trinajstić information content (AvgIpc) is 2.97. The predicted molar refractivity (Wildman–Crippen MR) is 95.9 cm³/mol. The van der Waals surface area contributed by atoms with Gasteiger partial charge < -0.3 is 9.73 Å². The van der Waals surface area contributed by atoms with E-state index in [1.54, 1.807) is 30.0 Å².